The maximum absolute atomic E-state index is 12.2. The van der Waals surface area contributed by atoms with Crippen molar-refractivity contribution in [1.29, 1.82) is 0 Å². The zero-order chi connectivity index (χ0) is 18.7. The summed E-state index contributed by atoms with van der Waals surface area (Å²) in [4.78, 5) is 37.5. The van der Waals surface area contributed by atoms with Crippen LogP contribution in [0.2, 0.25) is 0 Å². The molecule has 0 bridgehead atoms. The number of carbonyl (C=O) groups excluding carboxylic acids is 3. The van der Waals surface area contributed by atoms with Crippen LogP contribution >= 0.6 is 11.6 Å². The van der Waals surface area contributed by atoms with Gasteiger partial charge in [-0.1, -0.05) is 24.3 Å². The molecule has 1 N–H and O–H groups in total. The van der Waals surface area contributed by atoms with Crippen LogP contribution in [0.25, 0.3) is 0 Å². The number of hydrogen-bond acceptors (Lipinski definition) is 4. The van der Waals surface area contributed by atoms with E-state index in [1.807, 2.05) is 13.0 Å². The molecule has 6 nitrogen and oxygen atoms in total. The number of carbonyl (C=O) groups is 3. The normalized spacial score (nSPS) is 12.9. The van der Waals surface area contributed by atoms with E-state index in [4.69, 9.17) is 16.3 Å². The molecule has 1 aliphatic rings. The first-order chi connectivity index (χ1) is 12.5. The molecule has 134 valence electrons. The van der Waals surface area contributed by atoms with Crippen LogP contribution in [0.15, 0.2) is 42.5 Å². The van der Waals surface area contributed by atoms with Crippen molar-refractivity contribution in [2.75, 3.05) is 18.5 Å². The molecule has 7 heteroatoms. The molecule has 0 spiro atoms. The first kappa shape index (κ1) is 17.9. The Hall–Kier alpha value is -2.86. The molecule has 3 rings (SSSR count). The van der Waals surface area contributed by atoms with Crippen LogP contribution in [0.4, 0.5) is 10.5 Å². The van der Waals surface area contributed by atoms with Crippen LogP contribution in [-0.2, 0) is 10.6 Å². The number of nitrogens with zero attached hydrogens (tertiary/aromatic N) is 1. The second kappa shape index (κ2) is 7.58. The van der Waals surface area contributed by atoms with Crippen LogP contribution in [-0.4, -0.2) is 36.0 Å². The highest BCUT2D eigenvalue weighted by Crippen LogP contribution is 2.23. The molecule has 0 saturated carbocycles. The molecule has 1 heterocycles. The molecule has 0 fully saturated rings. The number of alkyl halides is 1. The van der Waals surface area contributed by atoms with E-state index >= 15 is 0 Å². The summed E-state index contributed by atoms with van der Waals surface area (Å²) >= 11 is 5.91. The summed E-state index contributed by atoms with van der Waals surface area (Å²) < 4.78 is 5.10. The van der Waals surface area contributed by atoms with E-state index in [1.165, 1.54) is 0 Å². The molecule has 26 heavy (non-hydrogen) atoms. The predicted molar refractivity (Wildman–Crippen MR) is 97.5 cm³/mol. The fourth-order valence-corrected chi connectivity index (χ4v) is 3.17. The van der Waals surface area contributed by atoms with Crippen molar-refractivity contribution in [1.82, 2.24) is 4.90 Å². The van der Waals surface area contributed by atoms with Gasteiger partial charge in [0.1, 0.15) is 6.61 Å². The Morgan fingerprint density at radius 2 is 1.73 bits per heavy atom. The molecule has 1 aliphatic heterocycles. The Bertz CT molecular complexity index is 847. The lowest BCUT2D eigenvalue weighted by atomic mass is 10.1. The number of hydrogen-bond donors (Lipinski definition) is 1. The van der Waals surface area contributed by atoms with Crippen LogP contribution in [0.1, 0.15) is 31.8 Å². The standard InChI is InChI=1S/C19H17ClN2O4/c1-12-5-4-8-16(15(12)11-20)21-19(25)26-10-9-22-17(23)13-6-2-3-7-14(13)18(22)24/h2-8H,9-11H2,1H3,(H,21,25). The molecule has 0 aliphatic carbocycles. The van der Waals surface area contributed by atoms with Gasteiger partial charge in [-0.05, 0) is 36.2 Å². The molecular formula is C19H17ClN2O4. The molecule has 2 aromatic carbocycles. The van der Waals surface area contributed by atoms with E-state index in [9.17, 15) is 14.4 Å². The number of anilines is 1. The minimum Gasteiger partial charge on any atom is -0.447 e. The van der Waals surface area contributed by atoms with Crippen LogP contribution in [0.3, 0.4) is 0 Å². The highest BCUT2D eigenvalue weighted by Gasteiger charge is 2.34. The highest BCUT2D eigenvalue weighted by molar-refractivity contribution is 6.21. The lowest BCUT2D eigenvalue weighted by Crippen LogP contribution is -2.34. The maximum atomic E-state index is 12.2. The number of aryl methyl sites for hydroxylation is 1. The first-order valence-corrected chi connectivity index (χ1v) is 8.60. The second-order valence-electron chi connectivity index (χ2n) is 5.80. The Morgan fingerprint density at radius 3 is 2.35 bits per heavy atom. The minimum absolute atomic E-state index is 0.00402. The predicted octanol–water partition coefficient (Wildman–Crippen LogP) is 3.58. The van der Waals surface area contributed by atoms with Gasteiger partial charge in [0.05, 0.1) is 17.7 Å². The Labute approximate surface area is 155 Å². The van der Waals surface area contributed by atoms with E-state index in [0.29, 0.717) is 16.8 Å². The van der Waals surface area contributed by atoms with Crippen molar-refractivity contribution < 1.29 is 19.1 Å². The van der Waals surface area contributed by atoms with Gasteiger partial charge in [0.15, 0.2) is 0 Å². The Balaban J connectivity index is 1.56. The van der Waals surface area contributed by atoms with Gasteiger partial charge in [-0.2, -0.15) is 0 Å². The third-order valence-corrected chi connectivity index (χ3v) is 4.47. The maximum Gasteiger partial charge on any atom is 0.411 e. The van der Waals surface area contributed by atoms with Crippen LogP contribution in [0, 0.1) is 6.92 Å². The van der Waals surface area contributed by atoms with Crippen molar-refractivity contribution in [3.63, 3.8) is 0 Å². The van der Waals surface area contributed by atoms with Crippen molar-refractivity contribution in [3.8, 4) is 0 Å². The Kier molecular flexibility index (Phi) is 5.23. The number of halogens is 1. The summed E-state index contributed by atoms with van der Waals surface area (Å²) in [7, 11) is 0. The third-order valence-electron chi connectivity index (χ3n) is 4.21. The highest BCUT2D eigenvalue weighted by atomic mass is 35.5. The smallest absolute Gasteiger partial charge is 0.411 e. The number of imide groups is 1. The molecular weight excluding hydrogens is 356 g/mol. The fourth-order valence-electron chi connectivity index (χ4n) is 2.81. The van der Waals surface area contributed by atoms with E-state index in [0.717, 1.165) is 16.0 Å². The molecule has 0 aromatic heterocycles. The zero-order valence-corrected chi connectivity index (χ0v) is 14.9. The molecule has 2 aromatic rings. The SMILES string of the molecule is Cc1cccc(NC(=O)OCCN2C(=O)c3ccccc3C2=O)c1CCl. The summed E-state index contributed by atoms with van der Waals surface area (Å²) in [6.07, 6.45) is -0.668. The van der Waals surface area contributed by atoms with E-state index in [2.05, 4.69) is 5.32 Å². The molecule has 0 unspecified atom stereocenters. The molecule has 0 atom stereocenters. The van der Waals surface area contributed by atoms with Gasteiger partial charge in [-0.15, -0.1) is 11.6 Å². The fraction of sp³-hybridized carbons (Fsp3) is 0.211. The first-order valence-electron chi connectivity index (χ1n) is 8.06. The van der Waals surface area contributed by atoms with Crippen molar-refractivity contribution in [2.24, 2.45) is 0 Å². The minimum atomic E-state index is -0.668. The van der Waals surface area contributed by atoms with Gasteiger partial charge in [-0.25, -0.2) is 4.79 Å². The summed E-state index contributed by atoms with van der Waals surface area (Å²) in [5.41, 5.74) is 3.09. The van der Waals surface area contributed by atoms with Gasteiger partial charge < -0.3 is 4.74 Å². The van der Waals surface area contributed by atoms with Gasteiger partial charge >= 0.3 is 6.09 Å². The number of fused-ring (bicyclic) bond motifs is 1. The Morgan fingerprint density at radius 1 is 1.08 bits per heavy atom. The van der Waals surface area contributed by atoms with E-state index in [1.54, 1.807) is 36.4 Å². The summed E-state index contributed by atoms with van der Waals surface area (Å²) in [6, 6.07) is 12.1. The lowest BCUT2D eigenvalue weighted by molar-refractivity contribution is 0.0611. The van der Waals surface area contributed by atoms with Crippen LogP contribution < -0.4 is 5.32 Å². The molecule has 0 radical (unpaired) electrons. The second-order valence-corrected chi connectivity index (χ2v) is 6.07. The number of amides is 3. The van der Waals surface area contributed by atoms with Crippen molar-refractivity contribution in [3.05, 3.63) is 64.7 Å². The van der Waals surface area contributed by atoms with Gasteiger partial charge in [-0.3, -0.25) is 19.8 Å². The number of ether oxygens (including phenoxy) is 1. The van der Waals surface area contributed by atoms with Gasteiger partial charge in [0, 0.05) is 11.6 Å². The average molecular weight is 373 g/mol. The number of benzene rings is 2. The van der Waals surface area contributed by atoms with Crippen molar-refractivity contribution >= 4 is 35.2 Å². The summed E-state index contributed by atoms with van der Waals surface area (Å²) in [6.45, 7) is 1.80. The largest absolute Gasteiger partial charge is 0.447 e. The van der Waals surface area contributed by atoms with E-state index < -0.39 is 6.09 Å². The molecule has 0 saturated heterocycles. The quantitative estimate of drug-likeness (QED) is 0.643. The monoisotopic (exact) mass is 372 g/mol. The van der Waals surface area contributed by atoms with Gasteiger partial charge in [0.2, 0.25) is 0 Å². The van der Waals surface area contributed by atoms with E-state index in [-0.39, 0.29) is 30.8 Å². The lowest BCUT2D eigenvalue weighted by Gasteiger charge is -2.15. The number of nitrogens with one attached hydrogen (secondary N) is 1. The third kappa shape index (κ3) is 3.41. The average Bonchev–Trinajstić information content (AvgIpc) is 2.87. The zero-order valence-electron chi connectivity index (χ0n) is 14.1. The summed E-state index contributed by atoms with van der Waals surface area (Å²) in [5.74, 6) is -0.493. The van der Waals surface area contributed by atoms with Crippen molar-refractivity contribution in [2.45, 2.75) is 12.8 Å². The van der Waals surface area contributed by atoms with Crippen LogP contribution in [0.5, 0.6) is 0 Å². The molecule has 3 amide bonds. The summed E-state index contributed by atoms with van der Waals surface area (Å²) in [5, 5.41) is 2.63. The topological polar surface area (TPSA) is 75.7 Å². The number of rotatable bonds is 5. The van der Waals surface area contributed by atoms with Gasteiger partial charge in [0.25, 0.3) is 11.8 Å².